The van der Waals surface area contributed by atoms with Crippen LogP contribution in [0, 0.1) is 0 Å². The quantitative estimate of drug-likeness (QED) is 0.261. The summed E-state index contributed by atoms with van der Waals surface area (Å²) in [5.41, 5.74) is 1.26. The third-order valence-corrected chi connectivity index (χ3v) is 7.45. The highest BCUT2D eigenvalue weighted by molar-refractivity contribution is 7.98. The first kappa shape index (κ1) is 23.6. The lowest BCUT2D eigenvalue weighted by molar-refractivity contribution is -0.133. The Balaban J connectivity index is 1.31. The van der Waals surface area contributed by atoms with Crippen LogP contribution >= 0.6 is 11.8 Å². The summed E-state index contributed by atoms with van der Waals surface area (Å²) in [4.78, 5) is 41.1. The van der Waals surface area contributed by atoms with E-state index in [1.807, 2.05) is 84.9 Å². The van der Waals surface area contributed by atoms with E-state index in [0.717, 1.165) is 26.3 Å². The van der Waals surface area contributed by atoms with Crippen molar-refractivity contribution in [3.63, 3.8) is 0 Å². The zero-order valence-electron chi connectivity index (χ0n) is 19.7. The zero-order valence-corrected chi connectivity index (χ0v) is 20.5. The Morgan fingerprint density at radius 3 is 2.42 bits per heavy atom. The SMILES string of the molecule is C[C@]1(c2cccc3ccccc23)NC(=O)N(CC(=O)Nc2ccccc2SCc2ccccc2)C1=O. The van der Waals surface area contributed by atoms with Crippen LogP contribution in [0.15, 0.2) is 102 Å². The number of nitrogens with one attached hydrogen (secondary N) is 2. The monoisotopic (exact) mass is 495 g/mol. The van der Waals surface area contributed by atoms with E-state index in [2.05, 4.69) is 22.8 Å². The minimum atomic E-state index is -1.26. The molecule has 7 heteroatoms. The number of imide groups is 1. The molecule has 1 fully saturated rings. The van der Waals surface area contributed by atoms with Gasteiger partial charge in [-0.1, -0.05) is 84.9 Å². The van der Waals surface area contributed by atoms with Gasteiger partial charge in [-0.05, 0) is 41.0 Å². The van der Waals surface area contributed by atoms with Crippen molar-refractivity contribution in [3.8, 4) is 0 Å². The molecular weight excluding hydrogens is 470 g/mol. The van der Waals surface area contributed by atoms with Crippen molar-refractivity contribution in [2.75, 3.05) is 11.9 Å². The van der Waals surface area contributed by atoms with Crippen molar-refractivity contribution < 1.29 is 14.4 Å². The fourth-order valence-corrected chi connectivity index (χ4v) is 5.41. The van der Waals surface area contributed by atoms with Crippen LogP contribution in [0.2, 0.25) is 0 Å². The fourth-order valence-electron chi connectivity index (χ4n) is 4.45. The van der Waals surface area contributed by atoms with Gasteiger partial charge in [0.2, 0.25) is 5.91 Å². The highest BCUT2D eigenvalue weighted by atomic mass is 32.2. The number of carbonyl (C=O) groups excluding carboxylic acids is 3. The van der Waals surface area contributed by atoms with Crippen LogP contribution in [0.5, 0.6) is 0 Å². The Kier molecular flexibility index (Phi) is 6.48. The predicted molar refractivity (Wildman–Crippen MR) is 143 cm³/mol. The third-order valence-electron chi connectivity index (χ3n) is 6.30. The van der Waals surface area contributed by atoms with E-state index >= 15 is 0 Å². The molecule has 0 unspecified atom stereocenters. The van der Waals surface area contributed by atoms with Gasteiger partial charge in [0, 0.05) is 10.6 Å². The Bertz CT molecular complexity index is 1450. The summed E-state index contributed by atoms with van der Waals surface area (Å²) in [6.45, 7) is 1.31. The number of para-hydroxylation sites is 1. The normalized spacial score (nSPS) is 17.3. The van der Waals surface area contributed by atoms with E-state index in [0.29, 0.717) is 11.3 Å². The molecule has 1 aliphatic heterocycles. The molecule has 0 bridgehead atoms. The second-order valence-corrected chi connectivity index (χ2v) is 9.81. The van der Waals surface area contributed by atoms with E-state index in [1.54, 1.807) is 18.7 Å². The average Bonchev–Trinajstić information content (AvgIpc) is 3.12. The first-order valence-electron chi connectivity index (χ1n) is 11.6. The molecule has 1 aliphatic rings. The van der Waals surface area contributed by atoms with Crippen molar-refractivity contribution in [3.05, 3.63) is 108 Å². The van der Waals surface area contributed by atoms with Gasteiger partial charge >= 0.3 is 6.03 Å². The number of urea groups is 1. The van der Waals surface area contributed by atoms with Gasteiger partial charge in [0.25, 0.3) is 5.91 Å². The minimum Gasteiger partial charge on any atom is -0.324 e. The van der Waals surface area contributed by atoms with Crippen LogP contribution < -0.4 is 10.6 Å². The molecule has 4 aromatic carbocycles. The Morgan fingerprint density at radius 2 is 1.58 bits per heavy atom. The molecule has 4 aromatic rings. The van der Waals surface area contributed by atoms with Crippen molar-refractivity contribution in [2.45, 2.75) is 23.1 Å². The average molecular weight is 496 g/mol. The third kappa shape index (κ3) is 4.57. The molecule has 1 saturated heterocycles. The van der Waals surface area contributed by atoms with Crippen molar-refractivity contribution in [1.29, 1.82) is 0 Å². The predicted octanol–water partition coefficient (Wildman–Crippen LogP) is 5.54. The van der Waals surface area contributed by atoms with E-state index in [9.17, 15) is 14.4 Å². The second-order valence-electron chi connectivity index (χ2n) is 8.79. The molecule has 0 saturated carbocycles. The number of hydrogen-bond donors (Lipinski definition) is 2. The Morgan fingerprint density at radius 1 is 0.889 bits per heavy atom. The number of carbonyl (C=O) groups is 3. The highest BCUT2D eigenvalue weighted by Crippen LogP contribution is 2.34. The summed E-state index contributed by atoms with van der Waals surface area (Å²) in [5.74, 6) is -0.136. The highest BCUT2D eigenvalue weighted by Gasteiger charge is 2.50. The number of anilines is 1. The van der Waals surface area contributed by atoms with Crippen LogP contribution in [-0.4, -0.2) is 29.3 Å². The molecule has 36 heavy (non-hydrogen) atoms. The molecule has 5 rings (SSSR count). The summed E-state index contributed by atoms with van der Waals surface area (Å²) < 4.78 is 0. The topological polar surface area (TPSA) is 78.5 Å². The van der Waals surface area contributed by atoms with Crippen molar-refractivity contribution in [2.24, 2.45) is 0 Å². The maximum absolute atomic E-state index is 13.5. The standard InChI is InChI=1S/C29H25N3O3S/c1-29(23-15-9-13-21-12-5-6-14-22(21)23)27(34)32(28(35)31-29)18-26(33)30-24-16-7-8-17-25(24)36-19-20-10-3-2-4-11-20/h2-17H,18-19H2,1H3,(H,30,33)(H,31,35)/t29-/m1/s1. The van der Waals surface area contributed by atoms with Crippen LogP contribution in [0.1, 0.15) is 18.1 Å². The Hall–Kier alpha value is -4.10. The number of benzene rings is 4. The van der Waals surface area contributed by atoms with E-state index in [-0.39, 0.29) is 6.54 Å². The number of hydrogen-bond acceptors (Lipinski definition) is 4. The molecule has 0 radical (unpaired) electrons. The number of fused-ring (bicyclic) bond motifs is 1. The molecule has 0 aliphatic carbocycles. The molecule has 180 valence electrons. The fraction of sp³-hybridized carbons (Fsp3) is 0.138. The van der Waals surface area contributed by atoms with Crippen molar-refractivity contribution in [1.82, 2.24) is 10.2 Å². The number of nitrogens with zero attached hydrogens (tertiary/aromatic N) is 1. The molecule has 1 atom stereocenters. The van der Waals surface area contributed by atoms with Gasteiger partial charge in [0.15, 0.2) is 0 Å². The zero-order chi connectivity index (χ0) is 25.1. The maximum Gasteiger partial charge on any atom is 0.325 e. The summed E-state index contributed by atoms with van der Waals surface area (Å²) in [7, 11) is 0. The summed E-state index contributed by atoms with van der Waals surface area (Å²) in [6.07, 6.45) is 0. The van der Waals surface area contributed by atoms with Crippen LogP contribution in [0.25, 0.3) is 10.8 Å². The van der Waals surface area contributed by atoms with Crippen LogP contribution in [0.4, 0.5) is 10.5 Å². The van der Waals surface area contributed by atoms with E-state index in [1.165, 1.54) is 5.56 Å². The van der Waals surface area contributed by atoms with Gasteiger partial charge in [-0.25, -0.2) is 4.79 Å². The van der Waals surface area contributed by atoms with E-state index < -0.39 is 23.4 Å². The van der Waals surface area contributed by atoms with Crippen LogP contribution in [0.3, 0.4) is 0 Å². The minimum absolute atomic E-state index is 0.372. The molecule has 1 heterocycles. The van der Waals surface area contributed by atoms with Gasteiger partial charge in [-0.3, -0.25) is 14.5 Å². The number of amides is 4. The van der Waals surface area contributed by atoms with Gasteiger partial charge in [-0.15, -0.1) is 11.8 Å². The lowest BCUT2D eigenvalue weighted by Gasteiger charge is -2.24. The molecule has 0 spiro atoms. The lowest BCUT2D eigenvalue weighted by Crippen LogP contribution is -2.42. The summed E-state index contributed by atoms with van der Waals surface area (Å²) in [5, 5.41) is 7.54. The largest absolute Gasteiger partial charge is 0.325 e. The number of rotatable bonds is 7. The van der Waals surface area contributed by atoms with Gasteiger partial charge in [0.1, 0.15) is 12.1 Å². The van der Waals surface area contributed by atoms with Gasteiger partial charge in [0.05, 0.1) is 5.69 Å². The Labute approximate surface area is 213 Å². The van der Waals surface area contributed by atoms with Gasteiger partial charge < -0.3 is 10.6 Å². The smallest absolute Gasteiger partial charge is 0.324 e. The van der Waals surface area contributed by atoms with Gasteiger partial charge in [-0.2, -0.15) is 0 Å². The van der Waals surface area contributed by atoms with Crippen molar-refractivity contribution >= 4 is 46.1 Å². The second kappa shape index (κ2) is 9.87. The first-order valence-corrected chi connectivity index (χ1v) is 12.6. The number of thioether (sulfide) groups is 1. The molecular formula is C29H25N3O3S. The van der Waals surface area contributed by atoms with E-state index in [4.69, 9.17) is 0 Å². The molecule has 2 N–H and O–H groups in total. The molecule has 6 nitrogen and oxygen atoms in total. The maximum atomic E-state index is 13.5. The summed E-state index contributed by atoms with van der Waals surface area (Å²) in [6, 6.07) is 30.4. The van der Waals surface area contributed by atoms with Crippen LogP contribution in [-0.2, 0) is 20.9 Å². The summed E-state index contributed by atoms with van der Waals surface area (Å²) >= 11 is 1.61. The first-order chi connectivity index (χ1) is 17.5. The lowest BCUT2D eigenvalue weighted by atomic mass is 9.88. The molecule has 4 amide bonds. The molecule has 0 aromatic heterocycles.